The van der Waals surface area contributed by atoms with Gasteiger partial charge in [0.1, 0.15) is 0 Å². The van der Waals surface area contributed by atoms with Gasteiger partial charge < -0.3 is 9.64 Å². The van der Waals surface area contributed by atoms with Gasteiger partial charge in [-0.25, -0.2) is 0 Å². The lowest BCUT2D eigenvalue weighted by Gasteiger charge is -2.31. The van der Waals surface area contributed by atoms with Crippen LogP contribution in [0, 0.1) is 0 Å². The summed E-state index contributed by atoms with van der Waals surface area (Å²) in [4.78, 5) is 14.2. The van der Waals surface area contributed by atoms with Crippen LogP contribution in [0.5, 0.6) is 5.75 Å². The van der Waals surface area contributed by atoms with Gasteiger partial charge in [0.15, 0.2) is 11.5 Å². The number of rotatable bonds is 1. The third-order valence-electron chi connectivity index (χ3n) is 3.57. The standard InChI is InChI=1S/C14H17NO2/c16-13-7-10-17-14-11(13)5-4-6-12(14)15-8-2-1-3-9-15/h4-6H,1-3,7-10H2. The minimum atomic E-state index is 0.213. The fourth-order valence-electron chi connectivity index (χ4n) is 2.66. The van der Waals surface area contributed by atoms with Gasteiger partial charge in [-0.1, -0.05) is 6.07 Å². The third kappa shape index (κ3) is 1.90. The van der Waals surface area contributed by atoms with Crippen LogP contribution in [-0.2, 0) is 0 Å². The topological polar surface area (TPSA) is 29.5 Å². The normalized spacial score (nSPS) is 19.8. The first-order chi connectivity index (χ1) is 8.36. The molecule has 1 fully saturated rings. The summed E-state index contributed by atoms with van der Waals surface area (Å²) < 4.78 is 5.72. The highest BCUT2D eigenvalue weighted by Gasteiger charge is 2.24. The van der Waals surface area contributed by atoms with E-state index >= 15 is 0 Å². The van der Waals surface area contributed by atoms with Gasteiger partial charge in [-0.3, -0.25) is 4.79 Å². The van der Waals surface area contributed by atoms with E-state index in [1.165, 1.54) is 19.3 Å². The molecule has 0 saturated carbocycles. The SMILES string of the molecule is O=C1CCOc2c1cccc2N1CCCCC1. The number of hydrogen-bond donors (Lipinski definition) is 0. The Balaban J connectivity index is 1.99. The van der Waals surface area contributed by atoms with Crippen molar-refractivity contribution in [2.24, 2.45) is 0 Å². The average Bonchev–Trinajstić information content (AvgIpc) is 2.40. The lowest BCUT2D eigenvalue weighted by Crippen LogP contribution is -2.30. The van der Waals surface area contributed by atoms with Crippen LogP contribution in [-0.4, -0.2) is 25.5 Å². The molecule has 3 heteroatoms. The first kappa shape index (κ1) is 10.6. The Hall–Kier alpha value is -1.51. The smallest absolute Gasteiger partial charge is 0.170 e. The van der Waals surface area contributed by atoms with Crippen molar-refractivity contribution in [2.75, 3.05) is 24.6 Å². The second-order valence-electron chi connectivity index (χ2n) is 4.72. The summed E-state index contributed by atoms with van der Waals surface area (Å²) in [7, 11) is 0. The predicted molar refractivity (Wildman–Crippen MR) is 66.9 cm³/mol. The van der Waals surface area contributed by atoms with Crippen molar-refractivity contribution in [3.05, 3.63) is 23.8 Å². The number of fused-ring (bicyclic) bond motifs is 1. The molecule has 0 amide bonds. The molecule has 0 radical (unpaired) electrons. The highest BCUT2D eigenvalue weighted by molar-refractivity contribution is 6.01. The number of Topliss-reactive ketones (excluding diaryl/α,β-unsaturated/α-hetero) is 1. The zero-order chi connectivity index (χ0) is 11.7. The number of hydrogen-bond acceptors (Lipinski definition) is 3. The summed E-state index contributed by atoms with van der Waals surface area (Å²) in [6, 6.07) is 5.92. The van der Waals surface area contributed by atoms with Gasteiger partial charge in [-0.2, -0.15) is 0 Å². The highest BCUT2D eigenvalue weighted by Crippen LogP contribution is 2.36. The number of carbonyl (C=O) groups is 1. The zero-order valence-corrected chi connectivity index (χ0v) is 9.95. The second kappa shape index (κ2) is 4.40. The van der Waals surface area contributed by atoms with Crippen molar-refractivity contribution in [1.29, 1.82) is 0 Å². The number of ketones is 1. The van der Waals surface area contributed by atoms with E-state index in [1.807, 2.05) is 12.1 Å². The summed E-state index contributed by atoms with van der Waals surface area (Å²) in [5, 5.41) is 0. The molecule has 3 nitrogen and oxygen atoms in total. The molecule has 1 saturated heterocycles. The van der Waals surface area contributed by atoms with E-state index in [-0.39, 0.29) is 5.78 Å². The van der Waals surface area contributed by atoms with E-state index in [2.05, 4.69) is 11.0 Å². The molecule has 1 aromatic carbocycles. The molecule has 0 atom stereocenters. The van der Waals surface area contributed by atoms with Crippen molar-refractivity contribution in [3.63, 3.8) is 0 Å². The minimum Gasteiger partial charge on any atom is -0.490 e. The van der Waals surface area contributed by atoms with E-state index < -0.39 is 0 Å². The summed E-state index contributed by atoms with van der Waals surface area (Å²) >= 11 is 0. The van der Waals surface area contributed by atoms with Crippen molar-refractivity contribution in [3.8, 4) is 5.75 Å². The third-order valence-corrected chi connectivity index (χ3v) is 3.57. The van der Waals surface area contributed by atoms with Gasteiger partial charge in [0.25, 0.3) is 0 Å². The Kier molecular flexibility index (Phi) is 2.75. The van der Waals surface area contributed by atoms with Crippen LogP contribution in [0.4, 0.5) is 5.69 Å². The quantitative estimate of drug-likeness (QED) is 0.744. The Morgan fingerprint density at radius 1 is 1.12 bits per heavy atom. The van der Waals surface area contributed by atoms with E-state index in [9.17, 15) is 4.79 Å². The maximum Gasteiger partial charge on any atom is 0.170 e. The van der Waals surface area contributed by atoms with Gasteiger partial charge in [-0.15, -0.1) is 0 Å². The van der Waals surface area contributed by atoms with Crippen LogP contribution in [0.15, 0.2) is 18.2 Å². The number of anilines is 1. The molecule has 0 N–H and O–H groups in total. The lowest BCUT2D eigenvalue weighted by molar-refractivity contribution is 0.0934. The van der Waals surface area contributed by atoms with E-state index in [1.54, 1.807) is 0 Å². The summed E-state index contributed by atoms with van der Waals surface area (Å²) in [6.45, 7) is 2.68. The van der Waals surface area contributed by atoms with E-state index in [0.717, 1.165) is 30.1 Å². The molecule has 17 heavy (non-hydrogen) atoms. The van der Waals surface area contributed by atoms with Crippen LogP contribution < -0.4 is 9.64 Å². The summed E-state index contributed by atoms with van der Waals surface area (Å²) in [6.07, 6.45) is 4.29. The molecular formula is C14H17NO2. The molecule has 2 heterocycles. The van der Waals surface area contributed by atoms with Crippen molar-refractivity contribution in [2.45, 2.75) is 25.7 Å². The Labute approximate surface area is 101 Å². The Morgan fingerprint density at radius 2 is 1.94 bits per heavy atom. The molecule has 2 aliphatic heterocycles. The highest BCUT2D eigenvalue weighted by atomic mass is 16.5. The van der Waals surface area contributed by atoms with E-state index in [4.69, 9.17) is 4.74 Å². The van der Waals surface area contributed by atoms with E-state index in [0.29, 0.717) is 13.0 Å². The fourth-order valence-corrected chi connectivity index (χ4v) is 2.66. The van der Waals surface area contributed by atoms with Crippen LogP contribution in [0.1, 0.15) is 36.0 Å². The number of piperidine rings is 1. The molecule has 3 rings (SSSR count). The first-order valence-corrected chi connectivity index (χ1v) is 6.40. The maximum atomic E-state index is 11.8. The second-order valence-corrected chi connectivity index (χ2v) is 4.72. The molecule has 90 valence electrons. The molecule has 0 bridgehead atoms. The van der Waals surface area contributed by atoms with Crippen molar-refractivity contribution >= 4 is 11.5 Å². The van der Waals surface area contributed by atoms with Gasteiger partial charge in [0.05, 0.1) is 17.9 Å². The summed E-state index contributed by atoms with van der Waals surface area (Å²) in [5.74, 6) is 1.02. The average molecular weight is 231 g/mol. The largest absolute Gasteiger partial charge is 0.490 e. The molecule has 0 spiro atoms. The van der Waals surface area contributed by atoms with Gasteiger partial charge in [0, 0.05) is 19.5 Å². The van der Waals surface area contributed by atoms with Gasteiger partial charge >= 0.3 is 0 Å². The van der Waals surface area contributed by atoms with Crippen LogP contribution in [0.3, 0.4) is 0 Å². The zero-order valence-electron chi connectivity index (χ0n) is 9.95. The number of carbonyl (C=O) groups excluding carboxylic acids is 1. The number of benzene rings is 1. The molecule has 0 unspecified atom stereocenters. The Bertz CT molecular complexity index is 436. The fraction of sp³-hybridized carbons (Fsp3) is 0.500. The predicted octanol–water partition coefficient (Wildman–Crippen LogP) is 2.64. The molecule has 1 aromatic rings. The number of ether oxygens (including phenoxy) is 1. The van der Waals surface area contributed by atoms with Crippen LogP contribution >= 0.6 is 0 Å². The number of para-hydroxylation sites is 1. The molecule has 0 aliphatic carbocycles. The summed E-state index contributed by atoms with van der Waals surface area (Å²) in [5.41, 5.74) is 1.87. The molecule has 0 aromatic heterocycles. The van der Waals surface area contributed by atoms with Crippen molar-refractivity contribution in [1.82, 2.24) is 0 Å². The minimum absolute atomic E-state index is 0.213. The number of nitrogens with zero attached hydrogens (tertiary/aromatic N) is 1. The Morgan fingerprint density at radius 3 is 2.76 bits per heavy atom. The maximum absolute atomic E-state index is 11.8. The van der Waals surface area contributed by atoms with Crippen LogP contribution in [0.25, 0.3) is 0 Å². The van der Waals surface area contributed by atoms with Gasteiger partial charge in [-0.05, 0) is 31.4 Å². The molecule has 2 aliphatic rings. The first-order valence-electron chi connectivity index (χ1n) is 6.40. The monoisotopic (exact) mass is 231 g/mol. The van der Waals surface area contributed by atoms with Crippen molar-refractivity contribution < 1.29 is 9.53 Å². The van der Waals surface area contributed by atoms with Gasteiger partial charge in [0.2, 0.25) is 0 Å². The molecular weight excluding hydrogens is 214 g/mol. The lowest BCUT2D eigenvalue weighted by atomic mass is 10.0. The van der Waals surface area contributed by atoms with Crippen LogP contribution in [0.2, 0.25) is 0 Å².